The highest BCUT2D eigenvalue weighted by Crippen LogP contribution is 2.40. The maximum atomic E-state index is 3.14. The minimum absolute atomic E-state index is 0.208. The van der Waals surface area contributed by atoms with Gasteiger partial charge in [0.05, 0.1) is 0 Å². The molecule has 2 nitrogen and oxygen atoms in total. The number of nitrogens with one attached hydrogen (secondary N) is 1. The Kier molecular flexibility index (Phi) is 13.8. The topological polar surface area (TPSA) is 15.3 Å². The third-order valence-electron chi connectivity index (χ3n) is 14.1. The van der Waals surface area contributed by atoms with Crippen molar-refractivity contribution in [2.24, 2.45) is 0 Å². The summed E-state index contributed by atoms with van der Waals surface area (Å²) in [4.78, 5) is 2.38. The lowest BCUT2D eigenvalue weighted by molar-refractivity contribution is 0.439. The van der Waals surface area contributed by atoms with Gasteiger partial charge in [-0.05, 0) is 171 Å². The predicted molar refractivity (Wildman–Crippen MR) is 279 cm³/mol. The molecule has 2 aliphatic carbocycles. The quantitative estimate of drug-likeness (QED) is 0.140. The molecular weight excluding hydrogens is 773 g/mol. The summed E-state index contributed by atoms with van der Waals surface area (Å²) >= 11 is 0. The number of hydrogen-bond acceptors (Lipinski definition) is 2. The third kappa shape index (κ3) is 9.73. The maximum Gasteiger partial charge on any atom is 0.0468 e. The summed E-state index contributed by atoms with van der Waals surface area (Å²) in [6.45, 7) is 13.5. The van der Waals surface area contributed by atoms with E-state index < -0.39 is 0 Å². The van der Waals surface area contributed by atoms with Crippen molar-refractivity contribution >= 4 is 33.5 Å². The van der Waals surface area contributed by atoms with Crippen molar-refractivity contribution in [2.45, 2.75) is 98.3 Å². The Balaban J connectivity index is 0.000000231. The summed E-state index contributed by atoms with van der Waals surface area (Å²) in [6.07, 6.45) is 9.84. The van der Waals surface area contributed by atoms with Crippen LogP contribution in [0.15, 0.2) is 170 Å². The molecule has 10 rings (SSSR count). The molecule has 0 aliphatic heterocycles. The number of anilines is 4. The summed E-state index contributed by atoms with van der Waals surface area (Å²) in [7, 11) is 1.94. The first-order chi connectivity index (χ1) is 31.2. The van der Waals surface area contributed by atoms with Crippen LogP contribution in [0.2, 0.25) is 0 Å². The van der Waals surface area contributed by atoms with Crippen LogP contribution < -0.4 is 10.2 Å². The standard InChI is InChI=1S/C43H41N.C15H15N.C4H10/c1-5-43(4,6-2)39-21-15-38-29-42(26-20-37(38)28-39)44(40-22-16-32(17-23-40)31-9-7-30(3)8-10-31)41-24-18-34(19-25-41)36-14-12-33-11-13-35(33)27-36;1-16-15-8-6-12(7-9-15)14-5-3-11-2-4-13(11)10-14;1-3-4-2/h7-10,12,14-29H,5-6,11,13H2,1-4H3;3,5-10,16H,2,4H2,1H3;3-4H2,1-2H3. The van der Waals surface area contributed by atoms with Crippen LogP contribution >= 0.6 is 0 Å². The molecule has 2 heteroatoms. The first-order valence-corrected chi connectivity index (χ1v) is 23.9. The van der Waals surface area contributed by atoms with E-state index in [-0.39, 0.29) is 5.41 Å². The van der Waals surface area contributed by atoms with Gasteiger partial charge >= 0.3 is 0 Å². The van der Waals surface area contributed by atoms with E-state index in [4.69, 9.17) is 0 Å². The molecule has 0 atom stereocenters. The minimum Gasteiger partial charge on any atom is -0.388 e. The second kappa shape index (κ2) is 20.0. The highest BCUT2D eigenvalue weighted by atomic mass is 15.1. The first kappa shape index (κ1) is 44.2. The van der Waals surface area contributed by atoms with E-state index >= 15 is 0 Å². The highest BCUT2D eigenvalue weighted by Gasteiger charge is 2.23. The van der Waals surface area contributed by atoms with Crippen LogP contribution in [-0.2, 0) is 31.1 Å². The molecule has 0 fully saturated rings. The Morgan fingerprint density at radius 1 is 0.422 bits per heavy atom. The molecule has 2 aliphatic rings. The van der Waals surface area contributed by atoms with Gasteiger partial charge in [0.1, 0.15) is 0 Å². The summed E-state index contributed by atoms with van der Waals surface area (Å²) in [5.74, 6) is 0. The van der Waals surface area contributed by atoms with Crippen LogP contribution in [-0.4, -0.2) is 7.05 Å². The van der Waals surface area contributed by atoms with Gasteiger partial charge < -0.3 is 10.2 Å². The molecule has 0 aromatic heterocycles. The zero-order valence-corrected chi connectivity index (χ0v) is 39.3. The van der Waals surface area contributed by atoms with Gasteiger partial charge in [-0.1, -0.05) is 174 Å². The van der Waals surface area contributed by atoms with E-state index in [9.17, 15) is 0 Å². The molecule has 8 aromatic carbocycles. The largest absolute Gasteiger partial charge is 0.388 e. The van der Waals surface area contributed by atoms with Crippen LogP contribution in [0.25, 0.3) is 44.2 Å². The van der Waals surface area contributed by atoms with Gasteiger partial charge in [-0.25, -0.2) is 0 Å². The molecule has 324 valence electrons. The van der Waals surface area contributed by atoms with Crippen molar-refractivity contribution in [3.8, 4) is 33.4 Å². The summed E-state index contributed by atoms with van der Waals surface area (Å²) in [5.41, 5.74) is 21.3. The monoisotopic (exact) mass is 839 g/mol. The van der Waals surface area contributed by atoms with Crippen LogP contribution in [0.5, 0.6) is 0 Å². The van der Waals surface area contributed by atoms with E-state index in [0.29, 0.717) is 0 Å². The minimum atomic E-state index is 0.208. The fraction of sp³-hybridized carbons (Fsp3) is 0.258. The van der Waals surface area contributed by atoms with Crippen LogP contribution in [0.4, 0.5) is 22.7 Å². The molecule has 64 heavy (non-hydrogen) atoms. The van der Waals surface area contributed by atoms with Gasteiger partial charge in [-0.2, -0.15) is 0 Å². The van der Waals surface area contributed by atoms with Crippen molar-refractivity contribution in [2.75, 3.05) is 17.3 Å². The zero-order valence-electron chi connectivity index (χ0n) is 39.3. The van der Waals surface area contributed by atoms with Crippen LogP contribution in [0, 0.1) is 6.92 Å². The van der Waals surface area contributed by atoms with Crippen molar-refractivity contribution in [1.82, 2.24) is 0 Å². The van der Waals surface area contributed by atoms with E-state index in [1.165, 1.54) is 116 Å². The Morgan fingerprint density at radius 2 is 0.828 bits per heavy atom. The average Bonchev–Trinajstić information content (AvgIpc) is 3.33. The van der Waals surface area contributed by atoms with E-state index in [1.54, 1.807) is 0 Å². The van der Waals surface area contributed by atoms with Crippen molar-refractivity contribution in [1.29, 1.82) is 0 Å². The van der Waals surface area contributed by atoms with Crippen molar-refractivity contribution < 1.29 is 0 Å². The number of benzene rings is 8. The number of hydrogen-bond donors (Lipinski definition) is 1. The van der Waals surface area contributed by atoms with Gasteiger partial charge in [0.25, 0.3) is 0 Å². The normalized spacial score (nSPS) is 12.3. The second-order valence-corrected chi connectivity index (χ2v) is 18.1. The molecule has 0 saturated carbocycles. The Bertz CT molecular complexity index is 2790. The molecule has 0 unspecified atom stereocenters. The predicted octanol–water partition coefficient (Wildman–Crippen LogP) is 17.4. The third-order valence-corrected chi connectivity index (χ3v) is 14.1. The number of aryl methyl sites for hydroxylation is 5. The second-order valence-electron chi connectivity index (χ2n) is 18.1. The number of nitrogens with zero attached hydrogens (tertiary/aromatic N) is 1. The SMILES string of the molecule is CCC(C)(CC)c1ccc2cc(N(c3ccc(-c4ccc(C)cc4)cc3)c3ccc(-c4ccc5c(c4)CC5)cc3)ccc2c1.CCCC.CNc1ccc(-c2ccc3c(c2)CC3)cc1. The fourth-order valence-corrected chi connectivity index (χ4v) is 8.78. The zero-order chi connectivity index (χ0) is 44.6. The Hall–Kier alpha value is -6.38. The molecule has 1 N–H and O–H groups in total. The van der Waals surface area contributed by atoms with E-state index in [0.717, 1.165) is 35.6 Å². The highest BCUT2D eigenvalue weighted by molar-refractivity contribution is 5.90. The van der Waals surface area contributed by atoms with Gasteiger partial charge in [-0.3, -0.25) is 0 Å². The van der Waals surface area contributed by atoms with Crippen LogP contribution in [0.1, 0.15) is 93.7 Å². The lowest BCUT2D eigenvalue weighted by atomic mass is 9.77. The van der Waals surface area contributed by atoms with Gasteiger partial charge in [0.15, 0.2) is 0 Å². The van der Waals surface area contributed by atoms with Crippen molar-refractivity contribution in [3.63, 3.8) is 0 Å². The molecule has 8 aromatic rings. The number of fused-ring (bicyclic) bond motifs is 3. The summed E-state index contributed by atoms with van der Waals surface area (Å²) < 4.78 is 0. The Morgan fingerprint density at radius 3 is 1.27 bits per heavy atom. The Labute approximate surface area is 384 Å². The van der Waals surface area contributed by atoms with Gasteiger partial charge in [0.2, 0.25) is 0 Å². The molecule has 0 amide bonds. The van der Waals surface area contributed by atoms with E-state index in [1.807, 2.05) is 7.05 Å². The number of rotatable bonds is 11. The summed E-state index contributed by atoms with van der Waals surface area (Å²) in [6, 6.07) is 63.1. The average molecular weight is 839 g/mol. The van der Waals surface area contributed by atoms with Gasteiger partial charge in [-0.15, -0.1) is 0 Å². The first-order valence-electron chi connectivity index (χ1n) is 23.9. The lowest BCUT2D eigenvalue weighted by Gasteiger charge is -2.28. The fourth-order valence-electron chi connectivity index (χ4n) is 8.78. The molecule has 0 saturated heterocycles. The lowest BCUT2D eigenvalue weighted by Crippen LogP contribution is -2.19. The van der Waals surface area contributed by atoms with E-state index in [2.05, 4.69) is 222 Å². The van der Waals surface area contributed by atoms with Gasteiger partial charge in [0, 0.05) is 29.8 Å². The van der Waals surface area contributed by atoms with Crippen molar-refractivity contribution in [3.05, 3.63) is 203 Å². The molecular formula is C62H66N2. The number of unbranched alkanes of at least 4 members (excludes halogenated alkanes) is 1. The molecule has 0 heterocycles. The van der Waals surface area contributed by atoms with Crippen LogP contribution in [0.3, 0.4) is 0 Å². The molecule has 0 spiro atoms. The molecule has 0 bridgehead atoms. The molecule has 0 radical (unpaired) electrons. The maximum absolute atomic E-state index is 3.14. The smallest absolute Gasteiger partial charge is 0.0468 e. The summed E-state index contributed by atoms with van der Waals surface area (Å²) in [5, 5.41) is 5.70.